The Morgan fingerprint density at radius 3 is 2.79 bits per heavy atom. The van der Waals surface area contributed by atoms with Gasteiger partial charge >= 0.3 is 0 Å². The number of hydrazine groups is 1. The summed E-state index contributed by atoms with van der Waals surface area (Å²) in [5, 5.41) is 4.60. The van der Waals surface area contributed by atoms with Gasteiger partial charge in [0.2, 0.25) is 5.95 Å². The second-order valence-electron chi connectivity index (χ2n) is 4.65. The first-order valence-corrected chi connectivity index (χ1v) is 7.50. The van der Waals surface area contributed by atoms with E-state index >= 15 is 0 Å². The van der Waals surface area contributed by atoms with Crippen molar-refractivity contribution in [2.24, 2.45) is 5.84 Å². The molecule has 0 saturated carbocycles. The molecule has 0 aliphatic heterocycles. The van der Waals surface area contributed by atoms with Crippen molar-refractivity contribution in [3.8, 4) is 0 Å². The van der Waals surface area contributed by atoms with Gasteiger partial charge in [-0.1, -0.05) is 20.3 Å². The third-order valence-corrected chi connectivity index (χ3v) is 4.06. The summed E-state index contributed by atoms with van der Waals surface area (Å²) in [5.41, 5.74) is 2.54. The van der Waals surface area contributed by atoms with Crippen LogP contribution in [0.15, 0.2) is 6.07 Å². The van der Waals surface area contributed by atoms with E-state index < -0.39 is 0 Å². The van der Waals surface area contributed by atoms with Crippen LogP contribution in [0.1, 0.15) is 38.0 Å². The lowest BCUT2D eigenvalue weighted by Crippen LogP contribution is -2.20. The van der Waals surface area contributed by atoms with Crippen LogP contribution in [0.3, 0.4) is 0 Å². The summed E-state index contributed by atoms with van der Waals surface area (Å²) < 4.78 is 0. The SMILES string of the molecule is CCCC(CC)Nc1nc(NN)nc2sc(C)cc12. The zero-order valence-electron chi connectivity index (χ0n) is 11.7. The van der Waals surface area contributed by atoms with E-state index in [1.54, 1.807) is 11.3 Å². The maximum absolute atomic E-state index is 5.44. The van der Waals surface area contributed by atoms with E-state index in [0.717, 1.165) is 35.3 Å². The zero-order chi connectivity index (χ0) is 13.8. The number of nitrogens with zero attached hydrogens (tertiary/aromatic N) is 2. The molecule has 2 aromatic heterocycles. The first kappa shape index (κ1) is 14.0. The summed E-state index contributed by atoms with van der Waals surface area (Å²) in [4.78, 5) is 11.0. The number of anilines is 2. The molecule has 5 nitrogen and oxygen atoms in total. The Labute approximate surface area is 117 Å². The van der Waals surface area contributed by atoms with E-state index in [1.165, 1.54) is 4.88 Å². The number of rotatable bonds is 6. The Bertz CT molecular complexity index is 551. The van der Waals surface area contributed by atoms with Gasteiger partial charge in [0.15, 0.2) is 0 Å². The molecule has 0 bridgehead atoms. The van der Waals surface area contributed by atoms with E-state index in [1.807, 2.05) is 0 Å². The van der Waals surface area contributed by atoms with Gasteiger partial charge in [-0.3, -0.25) is 5.43 Å². The van der Waals surface area contributed by atoms with Gasteiger partial charge < -0.3 is 5.32 Å². The molecule has 0 aliphatic carbocycles. The molecule has 0 fully saturated rings. The fourth-order valence-corrected chi connectivity index (χ4v) is 3.02. The molecule has 2 heterocycles. The van der Waals surface area contributed by atoms with Gasteiger partial charge in [-0.05, 0) is 25.8 Å². The van der Waals surface area contributed by atoms with Gasteiger partial charge in [0, 0.05) is 10.9 Å². The Balaban J connectivity index is 2.39. The summed E-state index contributed by atoms with van der Waals surface area (Å²) in [6.45, 7) is 6.46. The number of nitrogens with one attached hydrogen (secondary N) is 2. The van der Waals surface area contributed by atoms with Crippen molar-refractivity contribution >= 4 is 33.3 Å². The minimum atomic E-state index is 0.439. The van der Waals surface area contributed by atoms with Gasteiger partial charge in [-0.15, -0.1) is 11.3 Å². The maximum atomic E-state index is 5.44. The van der Waals surface area contributed by atoms with Crippen LogP contribution < -0.4 is 16.6 Å². The first-order chi connectivity index (χ1) is 9.17. The van der Waals surface area contributed by atoms with Crippen LogP contribution in [0.2, 0.25) is 0 Å². The van der Waals surface area contributed by atoms with Crippen molar-refractivity contribution in [3.63, 3.8) is 0 Å². The van der Waals surface area contributed by atoms with Crippen molar-refractivity contribution in [2.45, 2.75) is 46.1 Å². The normalized spacial score (nSPS) is 12.6. The van der Waals surface area contributed by atoms with Gasteiger partial charge in [0.1, 0.15) is 10.6 Å². The molecular formula is C13H21N5S. The van der Waals surface area contributed by atoms with Crippen molar-refractivity contribution in [1.29, 1.82) is 0 Å². The van der Waals surface area contributed by atoms with Crippen LogP contribution in [-0.4, -0.2) is 16.0 Å². The molecule has 0 saturated heterocycles. The summed E-state index contributed by atoms with van der Waals surface area (Å²) in [7, 11) is 0. The fourth-order valence-electron chi connectivity index (χ4n) is 2.14. The molecule has 4 N–H and O–H groups in total. The minimum Gasteiger partial charge on any atom is -0.367 e. The largest absolute Gasteiger partial charge is 0.367 e. The predicted molar refractivity (Wildman–Crippen MR) is 82.6 cm³/mol. The average Bonchev–Trinajstić information content (AvgIpc) is 2.78. The van der Waals surface area contributed by atoms with E-state index in [0.29, 0.717) is 12.0 Å². The number of fused-ring (bicyclic) bond motifs is 1. The molecule has 0 amide bonds. The van der Waals surface area contributed by atoms with Crippen molar-refractivity contribution in [2.75, 3.05) is 10.7 Å². The summed E-state index contributed by atoms with van der Waals surface area (Å²) in [5.74, 6) is 6.78. The highest BCUT2D eigenvalue weighted by atomic mass is 32.1. The minimum absolute atomic E-state index is 0.439. The van der Waals surface area contributed by atoms with E-state index in [-0.39, 0.29) is 0 Å². The molecule has 19 heavy (non-hydrogen) atoms. The molecule has 2 rings (SSSR count). The Kier molecular flexibility index (Phi) is 4.55. The molecular weight excluding hydrogens is 258 g/mol. The monoisotopic (exact) mass is 279 g/mol. The summed E-state index contributed by atoms with van der Waals surface area (Å²) >= 11 is 1.66. The van der Waals surface area contributed by atoms with Crippen LogP contribution in [0, 0.1) is 6.92 Å². The molecule has 0 aromatic carbocycles. The lowest BCUT2D eigenvalue weighted by atomic mass is 10.1. The van der Waals surface area contributed by atoms with Crippen LogP contribution in [0.5, 0.6) is 0 Å². The number of hydrogen-bond donors (Lipinski definition) is 3. The number of aryl methyl sites for hydroxylation is 1. The Morgan fingerprint density at radius 2 is 2.16 bits per heavy atom. The van der Waals surface area contributed by atoms with Crippen molar-refractivity contribution in [1.82, 2.24) is 9.97 Å². The molecule has 0 aliphatic rings. The lowest BCUT2D eigenvalue weighted by molar-refractivity contribution is 0.621. The second kappa shape index (κ2) is 6.16. The Morgan fingerprint density at radius 1 is 1.37 bits per heavy atom. The third-order valence-electron chi connectivity index (χ3n) is 3.12. The summed E-state index contributed by atoms with van der Waals surface area (Å²) in [6, 6.07) is 2.57. The molecule has 104 valence electrons. The van der Waals surface area contributed by atoms with E-state index in [9.17, 15) is 0 Å². The molecule has 1 unspecified atom stereocenters. The van der Waals surface area contributed by atoms with Gasteiger partial charge in [0.25, 0.3) is 0 Å². The smallest absolute Gasteiger partial charge is 0.240 e. The first-order valence-electron chi connectivity index (χ1n) is 6.69. The van der Waals surface area contributed by atoms with E-state index in [2.05, 4.69) is 47.5 Å². The Hall–Kier alpha value is -1.40. The number of aromatic nitrogens is 2. The highest BCUT2D eigenvalue weighted by molar-refractivity contribution is 7.18. The fraction of sp³-hybridized carbons (Fsp3) is 0.538. The standard InChI is InChI=1S/C13H21N5S/c1-4-6-9(5-2)15-11-10-7-8(3)19-12(10)17-13(16-11)18-14/h7,9H,4-6,14H2,1-3H3,(H2,15,16,17,18). The third kappa shape index (κ3) is 3.13. The molecule has 6 heteroatoms. The number of nitrogen functional groups attached to an aromatic ring is 1. The van der Waals surface area contributed by atoms with Crippen LogP contribution in [0.25, 0.3) is 10.2 Å². The second-order valence-corrected chi connectivity index (χ2v) is 5.89. The molecule has 2 aromatic rings. The predicted octanol–water partition coefficient (Wildman–Crippen LogP) is 3.28. The highest BCUT2D eigenvalue weighted by Gasteiger charge is 2.13. The van der Waals surface area contributed by atoms with Crippen LogP contribution in [-0.2, 0) is 0 Å². The van der Waals surface area contributed by atoms with Crippen LogP contribution in [0.4, 0.5) is 11.8 Å². The van der Waals surface area contributed by atoms with E-state index in [4.69, 9.17) is 5.84 Å². The molecule has 1 atom stereocenters. The number of thiophene rings is 1. The van der Waals surface area contributed by atoms with Crippen LogP contribution >= 0.6 is 11.3 Å². The summed E-state index contributed by atoms with van der Waals surface area (Å²) in [6.07, 6.45) is 3.37. The molecule has 0 spiro atoms. The zero-order valence-corrected chi connectivity index (χ0v) is 12.5. The number of hydrogen-bond acceptors (Lipinski definition) is 6. The van der Waals surface area contributed by atoms with Crippen molar-refractivity contribution < 1.29 is 0 Å². The maximum Gasteiger partial charge on any atom is 0.240 e. The molecule has 0 radical (unpaired) electrons. The van der Waals surface area contributed by atoms with Gasteiger partial charge in [0.05, 0.1) is 5.39 Å². The van der Waals surface area contributed by atoms with Gasteiger partial charge in [-0.25, -0.2) is 10.8 Å². The number of nitrogens with two attached hydrogens (primary N) is 1. The topological polar surface area (TPSA) is 75.9 Å². The highest BCUT2D eigenvalue weighted by Crippen LogP contribution is 2.30. The van der Waals surface area contributed by atoms with Gasteiger partial charge in [-0.2, -0.15) is 4.98 Å². The quantitative estimate of drug-likeness (QED) is 0.559. The lowest BCUT2D eigenvalue weighted by Gasteiger charge is -2.17. The average molecular weight is 279 g/mol. The van der Waals surface area contributed by atoms with Crippen molar-refractivity contribution in [3.05, 3.63) is 10.9 Å².